The summed E-state index contributed by atoms with van der Waals surface area (Å²) in [7, 11) is 0. The minimum atomic E-state index is -0.959. The molecule has 0 aromatic heterocycles. The molecule has 0 aliphatic heterocycles. The Bertz CT molecular complexity index is 320. The molecule has 0 rings (SSSR count). The fourth-order valence-electron chi connectivity index (χ4n) is 1.52. The molecule has 8 nitrogen and oxygen atoms in total. The van der Waals surface area contributed by atoms with E-state index in [2.05, 4.69) is 21.7 Å². The van der Waals surface area contributed by atoms with Crippen molar-refractivity contribution in [1.82, 2.24) is 5.48 Å². The number of amides is 1. The zero-order chi connectivity index (χ0) is 15.9. The van der Waals surface area contributed by atoms with Gasteiger partial charge in [0.25, 0.3) is 0 Å². The highest BCUT2D eigenvalue weighted by Crippen LogP contribution is 2.06. The van der Waals surface area contributed by atoms with E-state index in [4.69, 9.17) is 5.26 Å². The van der Waals surface area contributed by atoms with E-state index in [0.717, 1.165) is 19.3 Å². The largest absolute Gasteiger partial charge is 0.345 e. The van der Waals surface area contributed by atoms with E-state index in [1.165, 1.54) is 19.3 Å². The lowest BCUT2D eigenvalue weighted by Crippen LogP contribution is -2.25. The Labute approximate surface area is 123 Å². The molecule has 0 unspecified atom stereocenters. The normalized spacial score (nSPS) is 10.0. The molecule has 0 saturated heterocycles. The van der Waals surface area contributed by atoms with Crippen LogP contribution in [0.5, 0.6) is 0 Å². The number of rotatable bonds is 12. The van der Waals surface area contributed by atoms with Gasteiger partial charge in [-0.25, -0.2) is 9.59 Å². The van der Waals surface area contributed by atoms with Gasteiger partial charge in [0.1, 0.15) is 0 Å². The highest BCUT2D eigenvalue weighted by Gasteiger charge is 2.10. The SMILES string of the molecule is CCCCCCCCC(=O)NOOC(=O)CCC(=O)OO. The van der Waals surface area contributed by atoms with Crippen molar-refractivity contribution in [3.05, 3.63) is 0 Å². The molecular weight excluding hydrogens is 282 g/mol. The van der Waals surface area contributed by atoms with Crippen LogP contribution in [0, 0.1) is 0 Å². The Balaban J connectivity index is 3.44. The second kappa shape index (κ2) is 13.3. The van der Waals surface area contributed by atoms with E-state index in [1.54, 1.807) is 0 Å². The van der Waals surface area contributed by atoms with Gasteiger partial charge in [0.05, 0.1) is 12.8 Å². The van der Waals surface area contributed by atoms with Crippen LogP contribution in [0.25, 0.3) is 0 Å². The summed E-state index contributed by atoms with van der Waals surface area (Å²) >= 11 is 0. The number of hydrogen-bond donors (Lipinski definition) is 2. The maximum absolute atomic E-state index is 11.3. The number of hydroxylamine groups is 1. The van der Waals surface area contributed by atoms with E-state index < -0.39 is 11.9 Å². The minimum absolute atomic E-state index is 0.292. The maximum Gasteiger partial charge on any atom is 0.345 e. The van der Waals surface area contributed by atoms with Crippen LogP contribution in [0.15, 0.2) is 0 Å². The first-order valence-electron chi connectivity index (χ1n) is 7.09. The zero-order valence-electron chi connectivity index (χ0n) is 12.3. The standard InChI is InChI=1S/C13H23NO7/c1-2-3-4-5-6-7-8-11(15)14-21-20-13(17)10-9-12(16)19-18/h18H,2-10H2,1H3,(H,14,15). The van der Waals surface area contributed by atoms with E-state index in [0.29, 0.717) is 6.42 Å². The predicted molar refractivity (Wildman–Crippen MR) is 71.3 cm³/mol. The third-order valence-corrected chi connectivity index (χ3v) is 2.68. The summed E-state index contributed by atoms with van der Waals surface area (Å²) in [6, 6.07) is 0. The van der Waals surface area contributed by atoms with Crippen molar-refractivity contribution in [2.75, 3.05) is 0 Å². The second-order valence-electron chi connectivity index (χ2n) is 4.54. The third-order valence-electron chi connectivity index (χ3n) is 2.68. The van der Waals surface area contributed by atoms with Gasteiger partial charge in [-0.2, -0.15) is 10.7 Å². The van der Waals surface area contributed by atoms with E-state index in [-0.39, 0.29) is 18.7 Å². The summed E-state index contributed by atoms with van der Waals surface area (Å²) in [5.41, 5.74) is 1.97. The molecule has 0 radical (unpaired) electrons. The first-order chi connectivity index (χ1) is 10.1. The highest BCUT2D eigenvalue weighted by molar-refractivity contribution is 5.77. The van der Waals surface area contributed by atoms with Crippen molar-refractivity contribution in [3.63, 3.8) is 0 Å². The highest BCUT2D eigenvalue weighted by atomic mass is 17.3. The van der Waals surface area contributed by atoms with E-state index >= 15 is 0 Å². The first kappa shape index (κ1) is 19.3. The Morgan fingerprint density at radius 2 is 1.52 bits per heavy atom. The van der Waals surface area contributed by atoms with Crippen LogP contribution in [-0.4, -0.2) is 23.1 Å². The lowest BCUT2D eigenvalue weighted by atomic mass is 10.1. The van der Waals surface area contributed by atoms with Crippen molar-refractivity contribution in [1.29, 1.82) is 0 Å². The summed E-state index contributed by atoms with van der Waals surface area (Å²) in [6.07, 6.45) is 5.98. The summed E-state index contributed by atoms with van der Waals surface area (Å²) in [5, 5.41) is 7.96. The molecule has 21 heavy (non-hydrogen) atoms. The smallest absolute Gasteiger partial charge is 0.301 e. The summed E-state index contributed by atoms with van der Waals surface area (Å²) in [6.45, 7) is 2.14. The number of carbonyl (C=O) groups is 3. The van der Waals surface area contributed by atoms with Gasteiger partial charge in [0.15, 0.2) is 0 Å². The molecule has 0 heterocycles. The van der Waals surface area contributed by atoms with Gasteiger partial charge in [-0.15, -0.1) is 0 Å². The van der Waals surface area contributed by atoms with Crippen LogP contribution in [-0.2, 0) is 29.1 Å². The van der Waals surface area contributed by atoms with Crippen LogP contribution in [0.1, 0.15) is 64.7 Å². The van der Waals surface area contributed by atoms with Gasteiger partial charge in [0, 0.05) is 6.42 Å². The quantitative estimate of drug-likeness (QED) is 0.322. The van der Waals surface area contributed by atoms with Crippen LogP contribution < -0.4 is 5.48 Å². The molecular formula is C13H23NO7. The molecule has 1 amide bonds. The molecule has 2 N–H and O–H groups in total. The molecule has 0 bridgehead atoms. The second-order valence-corrected chi connectivity index (χ2v) is 4.54. The topological polar surface area (TPSA) is 111 Å². The third kappa shape index (κ3) is 13.1. The predicted octanol–water partition coefficient (Wildman–Crippen LogP) is 2.04. The van der Waals surface area contributed by atoms with Gasteiger partial charge >= 0.3 is 11.9 Å². The van der Waals surface area contributed by atoms with Crippen molar-refractivity contribution in [2.24, 2.45) is 0 Å². The summed E-state index contributed by atoms with van der Waals surface area (Å²) in [5.74, 6) is -2.20. The molecule has 0 saturated carbocycles. The number of hydrogen-bond acceptors (Lipinski definition) is 7. The minimum Gasteiger partial charge on any atom is -0.301 e. The fourth-order valence-corrected chi connectivity index (χ4v) is 1.52. The Hall–Kier alpha value is -1.67. The zero-order valence-corrected chi connectivity index (χ0v) is 12.3. The molecule has 0 aromatic carbocycles. The van der Waals surface area contributed by atoms with Crippen LogP contribution in [0.4, 0.5) is 0 Å². The molecule has 0 aromatic rings. The van der Waals surface area contributed by atoms with Gasteiger partial charge in [-0.1, -0.05) is 44.0 Å². The number of nitrogens with one attached hydrogen (secondary N) is 1. The molecule has 8 heteroatoms. The van der Waals surface area contributed by atoms with Gasteiger partial charge in [-0.3, -0.25) is 9.68 Å². The Morgan fingerprint density at radius 1 is 0.905 bits per heavy atom. The average molecular weight is 305 g/mol. The molecule has 0 aliphatic rings. The lowest BCUT2D eigenvalue weighted by Gasteiger charge is -2.04. The molecule has 122 valence electrons. The Kier molecular flexibility index (Phi) is 12.3. The van der Waals surface area contributed by atoms with Crippen molar-refractivity contribution in [2.45, 2.75) is 64.7 Å². The average Bonchev–Trinajstić information content (AvgIpc) is 2.48. The molecule has 0 aliphatic carbocycles. The van der Waals surface area contributed by atoms with Crippen molar-refractivity contribution < 1.29 is 34.4 Å². The fraction of sp³-hybridized carbons (Fsp3) is 0.769. The van der Waals surface area contributed by atoms with E-state index in [9.17, 15) is 14.4 Å². The Morgan fingerprint density at radius 3 is 2.19 bits per heavy atom. The van der Waals surface area contributed by atoms with Crippen LogP contribution in [0.2, 0.25) is 0 Å². The molecule has 0 atom stereocenters. The summed E-state index contributed by atoms with van der Waals surface area (Å²) < 4.78 is 0. The number of carbonyl (C=O) groups excluding carboxylic acids is 3. The van der Waals surface area contributed by atoms with Gasteiger partial charge in [0.2, 0.25) is 5.91 Å². The lowest BCUT2D eigenvalue weighted by molar-refractivity contribution is -0.302. The summed E-state index contributed by atoms with van der Waals surface area (Å²) in [4.78, 5) is 44.7. The van der Waals surface area contributed by atoms with Gasteiger partial charge < -0.3 is 4.89 Å². The maximum atomic E-state index is 11.3. The number of unbranched alkanes of at least 4 members (excludes halogenated alkanes) is 5. The van der Waals surface area contributed by atoms with Crippen LogP contribution in [0.3, 0.4) is 0 Å². The molecule has 0 spiro atoms. The van der Waals surface area contributed by atoms with Crippen molar-refractivity contribution >= 4 is 17.8 Å². The molecule has 0 fully saturated rings. The van der Waals surface area contributed by atoms with Gasteiger partial charge in [-0.05, 0) is 6.42 Å². The van der Waals surface area contributed by atoms with Crippen LogP contribution >= 0.6 is 0 Å². The van der Waals surface area contributed by atoms with E-state index in [1.807, 2.05) is 5.48 Å². The van der Waals surface area contributed by atoms with Crippen molar-refractivity contribution in [3.8, 4) is 0 Å². The monoisotopic (exact) mass is 305 g/mol. The first-order valence-corrected chi connectivity index (χ1v) is 7.09.